The van der Waals surface area contributed by atoms with Gasteiger partial charge < -0.3 is 4.74 Å². The summed E-state index contributed by atoms with van der Waals surface area (Å²) in [5.41, 5.74) is 0.165. The molecule has 90 valence electrons. The second-order valence-corrected chi connectivity index (χ2v) is 3.66. The minimum Gasteiger partial charge on any atom is -0.497 e. The Hall–Kier alpha value is -2.41. The molecule has 0 fully saturated rings. The molecule has 0 aliphatic rings. The fourth-order valence-electron chi connectivity index (χ4n) is 1.69. The molecule has 0 saturated carbocycles. The predicted octanol–water partition coefficient (Wildman–Crippen LogP) is 3.51. The normalized spacial score (nSPS) is 9.89. The van der Waals surface area contributed by atoms with Gasteiger partial charge in [-0.2, -0.15) is 5.26 Å². The zero-order valence-corrected chi connectivity index (χ0v) is 9.58. The van der Waals surface area contributed by atoms with Crippen molar-refractivity contribution in [2.75, 3.05) is 7.11 Å². The van der Waals surface area contributed by atoms with E-state index in [2.05, 4.69) is 0 Å². The molecule has 18 heavy (non-hydrogen) atoms. The number of halogens is 2. The summed E-state index contributed by atoms with van der Waals surface area (Å²) in [4.78, 5) is 0. The molecule has 4 heteroatoms. The predicted molar refractivity (Wildman–Crippen MR) is 63.1 cm³/mol. The molecule has 0 heterocycles. The van der Waals surface area contributed by atoms with E-state index >= 15 is 0 Å². The van der Waals surface area contributed by atoms with Gasteiger partial charge in [0.2, 0.25) is 0 Å². The van der Waals surface area contributed by atoms with E-state index in [1.807, 2.05) is 0 Å². The number of ether oxygens (including phenoxy) is 1. The number of benzene rings is 2. The van der Waals surface area contributed by atoms with Gasteiger partial charge in [-0.3, -0.25) is 0 Å². The Bertz CT molecular complexity index is 609. The summed E-state index contributed by atoms with van der Waals surface area (Å²) in [6.07, 6.45) is 0. The molecule has 0 atom stereocenters. The SMILES string of the molecule is COc1cccc(-c2c(F)cc(C#N)cc2F)c1. The Kier molecular flexibility index (Phi) is 3.24. The van der Waals surface area contributed by atoms with E-state index in [0.717, 1.165) is 12.1 Å². The molecule has 0 radical (unpaired) electrons. The van der Waals surface area contributed by atoms with Crippen molar-refractivity contribution in [1.82, 2.24) is 0 Å². The van der Waals surface area contributed by atoms with Crippen LogP contribution < -0.4 is 4.74 Å². The molecule has 2 rings (SSSR count). The first-order valence-electron chi connectivity index (χ1n) is 5.19. The van der Waals surface area contributed by atoms with Gasteiger partial charge >= 0.3 is 0 Å². The molecule has 0 amide bonds. The highest BCUT2D eigenvalue weighted by Crippen LogP contribution is 2.29. The van der Waals surface area contributed by atoms with E-state index in [9.17, 15) is 8.78 Å². The van der Waals surface area contributed by atoms with Gasteiger partial charge in [0.05, 0.1) is 24.3 Å². The summed E-state index contributed by atoms with van der Waals surface area (Å²) < 4.78 is 32.6. The molecule has 2 aromatic carbocycles. The summed E-state index contributed by atoms with van der Waals surface area (Å²) in [5, 5.41) is 8.63. The lowest BCUT2D eigenvalue weighted by atomic mass is 10.0. The second-order valence-electron chi connectivity index (χ2n) is 3.66. The maximum Gasteiger partial charge on any atom is 0.135 e. The van der Waals surface area contributed by atoms with Gasteiger partial charge in [0.1, 0.15) is 17.4 Å². The smallest absolute Gasteiger partial charge is 0.135 e. The van der Waals surface area contributed by atoms with Gasteiger partial charge in [-0.25, -0.2) is 8.78 Å². The Labute approximate surface area is 103 Å². The van der Waals surface area contributed by atoms with Crippen LogP contribution in [0.15, 0.2) is 36.4 Å². The van der Waals surface area contributed by atoms with Crippen LogP contribution in [0.2, 0.25) is 0 Å². The van der Waals surface area contributed by atoms with Crippen LogP contribution in [0, 0.1) is 23.0 Å². The minimum atomic E-state index is -0.764. The molecule has 2 aromatic rings. The third-order valence-electron chi connectivity index (χ3n) is 2.53. The molecular weight excluding hydrogens is 236 g/mol. The summed E-state index contributed by atoms with van der Waals surface area (Å²) in [5.74, 6) is -1.02. The fourth-order valence-corrected chi connectivity index (χ4v) is 1.69. The van der Waals surface area contributed by atoms with E-state index in [1.54, 1.807) is 24.3 Å². The van der Waals surface area contributed by atoms with Crippen LogP contribution in [0.3, 0.4) is 0 Å². The third kappa shape index (κ3) is 2.16. The molecular formula is C14H9F2NO. The van der Waals surface area contributed by atoms with Gasteiger partial charge in [0.25, 0.3) is 0 Å². The Morgan fingerprint density at radius 3 is 2.33 bits per heavy atom. The molecule has 0 unspecified atom stereocenters. The number of rotatable bonds is 2. The summed E-state index contributed by atoms with van der Waals surface area (Å²) >= 11 is 0. The van der Waals surface area contributed by atoms with Crippen molar-refractivity contribution < 1.29 is 13.5 Å². The number of nitriles is 1. The Balaban J connectivity index is 2.60. The largest absolute Gasteiger partial charge is 0.497 e. The minimum absolute atomic E-state index is 0.0448. The van der Waals surface area contributed by atoms with Crippen LogP contribution >= 0.6 is 0 Å². The molecule has 0 aromatic heterocycles. The average molecular weight is 245 g/mol. The highest BCUT2D eigenvalue weighted by molar-refractivity contribution is 5.67. The van der Waals surface area contributed by atoms with Crippen molar-refractivity contribution in [3.8, 4) is 22.9 Å². The molecule has 0 spiro atoms. The fraction of sp³-hybridized carbons (Fsp3) is 0.0714. The second kappa shape index (κ2) is 4.84. The van der Waals surface area contributed by atoms with Crippen LogP contribution in [0.4, 0.5) is 8.78 Å². The van der Waals surface area contributed by atoms with Crippen molar-refractivity contribution in [2.24, 2.45) is 0 Å². The average Bonchev–Trinajstić information content (AvgIpc) is 2.38. The van der Waals surface area contributed by atoms with Crippen LogP contribution in [0.1, 0.15) is 5.56 Å². The monoisotopic (exact) mass is 245 g/mol. The highest BCUT2D eigenvalue weighted by atomic mass is 19.1. The quantitative estimate of drug-likeness (QED) is 0.811. The zero-order chi connectivity index (χ0) is 13.1. The van der Waals surface area contributed by atoms with Crippen molar-refractivity contribution in [2.45, 2.75) is 0 Å². The van der Waals surface area contributed by atoms with Gasteiger partial charge in [-0.05, 0) is 29.8 Å². The molecule has 2 nitrogen and oxygen atoms in total. The maximum absolute atomic E-state index is 13.8. The zero-order valence-electron chi connectivity index (χ0n) is 9.58. The Morgan fingerprint density at radius 1 is 1.11 bits per heavy atom. The van der Waals surface area contributed by atoms with E-state index in [4.69, 9.17) is 10.00 Å². The van der Waals surface area contributed by atoms with E-state index in [0.29, 0.717) is 11.3 Å². The Morgan fingerprint density at radius 2 is 1.78 bits per heavy atom. The number of methoxy groups -OCH3 is 1. The first-order chi connectivity index (χ1) is 8.65. The van der Waals surface area contributed by atoms with Crippen LogP contribution in [0.25, 0.3) is 11.1 Å². The number of nitrogens with zero attached hydrogens (tertiary/aromatic N) is 1. The molecule has 0 bridgehead atoms. The van der Waals surface area contributed by atoms with E-state index in [-0.39, 0.29) is 11.1 Å². The van der Waals surface area contributed by atoms with Gasteiger partial charge in [-0.1, -0.05) is 12.1 Å². The van der Waals surface area contributed by atoms with Crippen molar-refractivity contribution >= 4 is 0 Å². The van der Waals surface area contributed by atoms with Gasteiger partial charge in [0, 0.05) is 0 Å². The first kappa shape index (κ1) is 12.1. The lowest BCUT2D eigenvalue weighted by Crippen LogP contribution is -1.93. The van der Waals surface area contributed by atoms with Crippen LogP contribution in [0.5, 0.6) is 5.75 Å². The lowest BCUT2D eigenvalue weighted by Gasteiger charge is -2.07. The van der Waals surface area contributed by atoms with E-state index < -0.39 is 11.6 Å². The standard InChI is InChI=1S/C14H9F2NO/c1-18-11-4-2-3-10(7-11)14-12(15)5-9(8-17)6-13(14)16/h2-7H,1H3. The first-order valence-corrected chi connectivity index (χ1v) is 5.19. The molecule has 0 saturated heterocycles. The number of hydrogen-bond donors (Lipinski definition) is 0. The van der Waals surface area contributed by atoms with Crippen LogP contribution in [-0.4, -0.2) is 7.11 Å². The highest BCUT2D eigenvalue weighted by Gasteiger charge is 2.13. The van der Waals surface area contributed by atoms with E-state index in [1.165, 1.54) is 13.2 Å². The van der Waals surface area contributed by atoms with Crippen molar-refractivity contribution in [3.05, 3.63) is 53.6 Å². The van der Waals surface area contributed by atoms with Crippen molar-refractivity contribution in [1.29, 1.82) is 5.26 Å². The molecule has 0 aliphatic carbocycles. The molecule has 0 aliphatic heterocycles. The summed E-state index contributed by atoms with van der Waals surface area (Å²) in [7, 11) is 1.48. The number of hydrogen-bond acceptors (Lipinski definition) is 2. The topological polar surface area (TPSA) is 33.0 Å². The summed E-state index contributed by atoms with van der Waals surface area (Å²) in [6.45, 7) is 0. The van der Waals surface area contributed by atoms with Crippen molar-refractivity contribution in [3.63, 3.8) is 0 Å². The van der Waals surface area contributed by atoms with Crippen LogP contribution in [-0.2, 0) is 0 Å². The van der Waals surface area contributed by atoms with Gasteiger partial charge in [-0.15, -0.1) is 0 Å². The van der Waals surface area contributed by atoms with Gasteiger partial charge in [0.15, 0.2) is 0 Å². The molecule has 0 N–H and O–H groups in total. The summed E-state index contributed by atoms with van der Waals surface area (Å²) in [6, 6.07) is 10.2. The third-order valence-corrected chi connectivity index (χ3v) is 2.53. The maximum atomic E-state index is 13.8. The lowest BCUT2D eigenvalue weighted by molar-refractivity contribution is 0.415.